The van der Waals surface area contributed by atoms with Crippen LogP contribution in [0.25, 0.3) is 0 Å². The van der Waals surface area contributed by atoms with Gasteiger partial charge in [-0.1, -0.05) is 13.8 Å². The number of carbonyl (C=O) groups excluding carboxylic acids is 3. The highest BCUT2D eigenvalue weighted by Gasteiger charge is 2.35. The Morgan fingerprint density at radius 2 is 2.05 bits per heavy atom. The van der Waals surface area contributed by atoms with Gasteiger partial charge < -0.3 is 10.0 Å². The molecule has 7 heteroatoms. The maximum absolute atomic E-state index is 12.1. The smallest absolute Gasteiger partial charge is 0.303 e. The molecule has 1 heterocycles. The molecule has 1 aliphatic rings. The van der Waals surface area contributed by atoms with Crippen molar-refractivity contribution in [2.45, 2.75) is 39.2 Å². The van der Waals surface area contributed by atoms with Gasteiger partial charge in [0, 0.05) is 12.8 Å². The van der Waals surface area contributed by atoms with Crippen molar-refractivity contribution in [2.75, 3.05) is 6.54 Å². The number of hydrogen-bond acceptors (Lipinski definition) is 4. The number of carbonyl (C=O) groups is 4. The number of nitrogens with one attached hydrogen (secondary N) is 1. The van der Waals surface area contributed by atoms with Crippen molar-refractivity contribution in [3.8, 4) is 0 Å². The monoisotopic (exact) mass is 270 g/mol. The maximum atomic E-state index is 12.1. The minimum absolute atomic E-state index is 0.0172. The molecule has 0 aromatic rings. The van der Waals surface area contributed by atoms with Gasteiger partial charge in [0.05, 0.1) is 0 Å². The number of imide groups is 1. The second kappa shape index (κ2) is 6.31. The highest BCUT2D eigenvalue weighted by atomic mass is 16.4. The first-order chi connectivity index (χ1) is 8.85. The maximum Gasteiger partial charge on any atom is 0.303 e. The second-order valence-electron chi connectivity index (χ2n) is 4.77. The van der Waals surface area contributed by atoms with Crippen LogP contribution in [-0.4, -0.2) is 46.3 Å². The Labute approximate surface area is 110 Å². The van der Waals surface area contributed by atoms with Crippen molar-refractivity contribution < 1.29 is 24.3 Å². The van der Waals surface area contributed by atoms with E-state index in [2.05, 4.69) is 5.32 Å². The van der Waals surface area contributed by atoms with E-state index in [9.17, 15) is 19.2 Å². The van der Waals surface area contributed by atoms with E-state index in [1.807, 2.05) is 0 Å². The number of rotatable bonds is 5. The predicted molar refractivity (Wildman–Crippen MR) is 65.0 cm³/mol. The van der Waals surface area contributed by atoms with Crippen molar-refractivity contribution in [1.29, 1.82) is 0 Å². The Hall–Kier alpha value is -1.92. The predicted octanol–water partition coefficient (Wildman–Crippen LogP) is -0.249. The molecule has 0 bridgehead atoms. The van der Waals surface area contributed by atoms with E-state index in [0.717, 1.165) is 0 Å². The lowest BCUT2D eigenvalue weighted by Gasteiger charge is -2.34. The zero-order valence-corrected chi connectivity index (χ0v) is 11.0. The van der Waals surface area contributed by atoms with E-state index in [0.29, 0.717) is 6.42 Å². The van der Waals surface area contributed by atoms with Crippen LogP contribution in [0.2, 0.25) is 0 Å². The zero-order valence-electron chi connectivity index (χ0n) is 11.0. The number of carboxylic acids is 1. The third-order valence-corrected chi connectivity index (χ3v) is 3.01. The molecule has 3 amide bonds. The van der Waals surface area contributed by atoms with E-state index >= 15 is 0 Å². The molecule has 0 aromatic carbocycles. The summed E-state index contributed by atoms with van der Waals surface area (Å²) in [7, 11) is 0. The Kier molecular flexibility index (Phi) is 5.02. The molecule has 2 unspecified atom stereocenters. The van der Waals surface area contributed by atoms with Crippen LogP contribution in [0.15, 0.2) is 0 Å². The summed E-state index contributed by atoms with van der Waals surface area (Å²) in [5.74, 6) is -2.64. The van der Waals surface area contributed by atoms with Crippen molar-refractivity contribution >= 4 is 23.7 Å². The average Bonchev–Trinajstić information content (AvgIpc) is 2.26. The lowest BCUT2D eigenvalue weighted by atomic mass is 10.0. The third-order valence-electron chi connectivity index (χ3n) is 3.01. The minimum atomic E-state index is -0.972. The van der Waals surface area contributed by atoms with Gasteiger partial charge in [-0.25, -0.2) is 0 Å². The number of piperazine rings is 1. The normalized spacial score (nSPS) is 20.9. The van der Waals surface area contributed by atoms with Gasteiger partial charge in [-0.15, -0.1) is 0 Å². The molecule has 7 nitrogen and oxygen atoms in total. The van der Waals surface area contributed by atoms with Gasteiger partial charge >= 0.3 is 5.97 Å². The largest absolute Gasteiger partial charge is 0.481 e. The Bertz CT molecular complexity index is 407. The summed E-state index contributed by atoms with van der Waals surface area (Å²) in [4.78, 5) is 46.7. The van der Waals surface area contributed by atoms with Crippen LogP contribution in [0.3, 0.4) is 0 Å². The molecule has 0 aliphatic carbocycles. The first-order valence-electron chi connectivity index (χ1n) is 6.20. The second-order valence-corrected chi connectivity index (χ2v) is 4.77. The van der Waals surface area contributed by atoms with Gasteiger partial charge in [0.25, 0.3) is 0 Å². The molecule has 1 fully saturated rings. The van der Waals surface area contributed by atoms with Gasteiger partial charge in [-0.05, 0) is 12.3 Å². The van der Waals surface area contributed by atoms with Crippen LogP contribution in [0.1, 0.15) is 33.1 Å². The van der Waals surface area contributed by atoms with Crippen molar-refractivity contribution in [3.05, 3.63) is 0 Å². The van der Waals surface area contributed by atoms with Crippen LogP contribution in [0.4, 0.5) is 0 Å². The summed E-state index contributed by atoms with van der Waals surface area (Å²) in [5.41, 5.74) is 0. The summed E-state index contributed by atoms with van der Waals surface area (Å²) >= 11 is 0. The Morgan fingerprint density at radius 3 is 2.58 bits per heavy atom. The molecule has 1 aliphatic heterocycles. The molecule has 0 spiro atoms. The molecule has 106 valence electrons. The molecule has 2 N–H and O–H groups in total. The van der Waals surface area contributed by atoms with Crippen LogP contribution >= 0.6 is 0 Å². The Morgan fingerprint density at radius 1 is 1.42 bits per heavy atom. The molecule has 1 rings (SSSR count). The molecule has 2 atom stereocenters. The quantitative estimate of drug-likeness (QED) is 0.670. The van der Waals surface area contributed by atoms with Crippen molar-refractivity contribution in [2.24, 2.45) is 5.92 Å². The molecular weight excluding hydrogens is 252 g/mol. The molecule has 0 radical (unpaired) electrons. The number of aliphatic carboxylic acids is 1. The summed E-state index contributed by atoms with van der Waals surface area (Å²) in [5, 5.41) is 10.8. The average molecular weight is 270 g/mol. The minimum Gasteiger partial charge on any atom is -0.481 e. The fraction of sp³-hybridized carbons (Fsp3) is 0.667. The first-order valence-corrected chi connectivity index (χ1v) is 6.20. The van der Waals surface area contributed by atoms with E-state index < -0.39 is 23.8 Å². The van der Waals surface area contributed by atoms with Crippen LogP contribution in [-0.2, 0) is 19.2 Å². The van der Waals surface area contributed by atoms with Crippen LogP contribution in [0.5, 0.6) is 0 Å². The SMILES string of the molecule is CCC1C(=O)NC(=O)CN1C(=O)CC(C)CC(=O)O. The lowest BCUT2D eigenvalue weighted by Crippen LogP contribution is -2.59. The van der Waals surface area contributed by atoms with Crippen molar-refractivity contribution in [1.82, 2.24) is 10.2 Å². The fourth-order valence-corrected chi connectivity index (χ4v) is 2.12. The summed E-state index contributed by atoms with van der Waals surface area (Å²) in [6, 6.07) is -0.651. The zero-order chi connectivity index (χ0) is 14.6. The van der Waals surface area contributed by atoms with Gasteiger partial charge in [0.2, 0.25) is 17.7 Å². The highest BCUT2D eigenvalue weighted by Crippen LogP contribution is 2.15. The number of nitrogens with zero attached hydrogens (tertiary/aromatic N) is 1. The summed E-state index contributed by atoms with van der Waals surface area (Å²) in [6.07, 6.45) is 0.317. The molecule has 1 saturated heterocycles. The topological polar surface area (TPSA) is 104 Å². The highest BCUT2D eigenvalue weighted by molar-refractivity contribution is 6.04. The van der Waals surface area contributed by atoms with E-state index in [1.54, 1.807) is 13.8 Å². The third kappa shape index (κ3) is 4.04. The lowest BCUT2D eigenvalue weighted by molar-refractivity contribution is -0.151. The van der Waals surface area contributed by atoms with Crippen LogP contribution < -0.4 is 5.32 Å². The van der Waals surface area contributed by atoms with Crippen LogP contribution in [0, 0.1) is 5.92 Å². The summed E-state index contributed by atoms with van der Waals surface area (Å²) < 4.78 is 0. The standard InChI is InChI=1S/C12H18N2O5/c1-3-8-12(19)13-9(15)6-14(8)10(16)4-7(2)5-11(17)18/h7-8H,3-6H2,1-2H3,(H,17,18)(H,13,15,19). The number of hydrogen-bond donors (Lipinski definition) is 2. The molecule has 19 heavy (non-hydrogen) atoms. The number of amides is 3. The molecule has 0 saturated carbocycles. The number of carboxylic acid groups (broad SMARTS) is 1. The van der Waals surface area contributed by atoms with E-state index in [4.69, 9.17) is 5.11 Å². The van der Waals surface area contributed by atoms with Gasteiger partial charge in [0.1, 0.15) is 12.6 Å². The van der Waals surface area contributed by atoms with Gasteiger partial charge in [-0.3, -0.25) is 24.5 Å². The summed E-state index contributed by atoms with van der Waals surface area (Å²) in [6.45, 7) is 3.25. The van der Waals surface area contributed by atoms with Gasteiger partial charge in [-0.2, -0.15) is 0 Å². The first kappa shape index (κ1) is 15.1. The molecular formula is C12H18N2O5. The molecule has 0 aromatic heterocycles. The fourth-order valence-electron chi connectivity index (χ4n) is 2.12. The Balaban J connectivity index is 2.70. The van der Waals surface area contributed by atoms with E-state index in [1.165, 1.54) is 4.90 Å². The van der Waals surface area contributed by atoms with Gasteiger partial charge in [0.15, 0.2) is 0 Å². The van der Waals surface area contributed by atoms with Crippen molar-refractivity contribution in [3.63, 3.8) is 0 Å². The van der Waals surface area contributed by atoms with E-state index in [-0.39, 0.29) is 31.2 Å².